The Morgan fingerprint density at radius 3 is 2.60 bits per heavy atom. The van der Waals surface area contributed by atoms with Gasteiger partial charge in [-0.2, -0.15) is 0 Å². The molecule has 1 aromatic heterocycles. The zero-order valence-corrected chi connectivity index (χ0v) is 18.5. The fourth-order valence-electron chi connectivity index (χ4n) is 3.85. The third-order valence-corrected chi connectivity index (χ3v) is 5.68. The third-order valence-electron chi connectivity index (χ3n) is 5.48. The highest BCUT2D eigenvalue weighted by molar-refractivity contribution is 6.29. The van der Waals surface area contributed by atoms with Gasteiger partial charge in [0.1, 0.15) is 29.2 Å². The van der Waals surface area contributed by atoms with Crippen molar-refractivity contribution in [3.8, 4) is 0 Å². The van der Waals surface area contributed by atoms with Crippen LogP contribution in [-0.2, 0) is 9.53 Å². The van der Waals surface area contributed by atoms with Gasteiger partial charge in [-0.3, -0.25) is 4.90 Å². The monoisotopic (exact) mass is 439 g/mol. The lowest BCUT2D eigenvalue weighted by Gasteiger charge is -2.45. The van der Waals surface area contributed by atoms with Crippen LogP contribution in [0.3, 0.4) is 0 Å². The molecule has 1 atom stereocenters. The molecular weight excluding hydrogens is 410 g/mol. The first kappa shape index (κ1) is 22.7. The Morgan fingerprint density at radius 1 is 1.30 bits per heavy atom. The van der Waals surface area contributed by atoms with Crippen LogP contribution in [-0.4, -0.2) is 93.8 Å². The molecule has 1 amide bonds. The zero-order chi connectivity index (χ0) is 21.9. The lowest BCUT2D eigenvalue weighted by molar-refractivity contribution is -0.117. The second kappa shape index (κ2) is 9.03. The smallest absolute Gasteiger partial charge is 0.410 e. The fraction of sp³-hybridized carbons (Fsp3) is 0.700. The van der Waals surface area contributed by atoms with Crippen LogP contribution in [0.5, 0.6) is 0 Å². The highest BCUT2D eigenvalue weighted by Gasteiger charge is 2.39. The van der Waals surface area contributed by atoms with Gasteiger partial charge in [0.2, 0.25) is 0 Å². The molecule has 2 fully saturated rings. The maximum absolute atomic E-state index is 12.3. The summed E-state index contributed by atoms with van der Waals surface area (Å²) >= 11 is 5.95. The minimum atomic E-state index is -0.900. The van der Waals surface area contributed by atoms with E-state index in [0.29, 0.717) is 50.7 Å². The molecule has 2 aliphatic rings. The summed E-state index contributed by atoms with van der Waals surface area (Å²) in [5, 5.41) is 11.5. The Morgan fingerprint density at radius 2 is 2.00 bits per heavy atom. The molecule has 2 aliphatic heterocycles. The molecule has 0 radical (unpaired) electrons. The second-order valence-electron chi connectivity index (χ2n) is 9.01. The highest BCUT2D eigenvalue weighted by Crippen LogP contribution is 2.28. The maximum atomic E-state index is 12.3. The molecule has 30 heavy (non-hydrogen) atoms. The molecule has 9 nitrogen and oxygen atoms in total. The Labute approximate surface area is 182 Å². The Kier molecular flexibility index (Phi) is 6.84. The van der Waals surface area contributed by atoms with Gasteiger partial charge < -0.3 is 24.4 Å². The molecular formula is C20H30ClN5O4. The predicted octanol–water partition coefficient (Wildman–Crippen LogP) is 1.58. The average molecular weight is 440 g/mol. The summed E-state index contributed by atoms with van der Waals surface area (Å²) in [6.45, 7) is 8.33. The molecule has 2 saturated heterocycles. The van der Waals surface area contributed by atoms with Crippen LogP contribution in [0, 0.1) is 0 Å². The van der Waals surface area contributed by atoms with E-state index in [-0.39, 0.29) is 6.54 Å². The number of amides is 1. The summed E-state index contributed by atoms with van der Waals surface area (Å²) in [4.78, 5) is 37.8. The second-order valence-corrected chi connectivity index (χ2v) is 9.40. The normalized spacial score (nSPS) is 22.6. The molecule has 0 aromatic carbocycles. The van der Waals surface area contributed by atoms with Crippen molar-refractivity contribution in [3.05, 3.63) is 17.5 Å². The molecule has 0 bridgehead atoms. The average Bonchev–Trinajstić information content (AvgIpc) is 2.67. The Balaban J connectivity index is 1.56. The number of rotatable bonds is 4. The number of nitrogens with zero attached hydrogens (tertiary/aromatic N) is 5. The van der Waals surface area contributed by atoms with Gasteiger partial charge >= 0.3 is 6.09 Å². The topological polar surface area (TPSA) is 99.1 Å². The van der Waals surface area contributed by atoms with E-state index in [0.717, 1.165) is 12.1 Å². The van der Waals surface area contributed by atoms with Crippen molar-refractivity contribution in [1.82, 2.24) is 19.8 Å². The number of anilines is 1. The molecule has 0 aliphatic carbocycles. The van der Waals surface area contributed by atoms with Gasteiger partial charge in [-0.15, -0.1) is 0 Å². The number of hydrogen-bond donors (Lipinski definition) is 1. The lowest BCUT2D eigenvalue weighted by atomic mass is 9.90. The number of piperidine rings is 1. The van der Waals surface area contributed by atoms with Crippen molar-refractivity contribution < 1.29 is 19.4 Å². The number of β-amino-alcohol motifs (C(OH)–C–C–N with tert-alkyl or cyclic N) is 1. The summed E-state index contributed by atoms with van der Waals surface area (Å²) in [5.74, 6) is 0.744. The van der Waals surface area contributed by atoms with E-state index < -0.39 is 23.3 Å². The van der Waals surface area contributed by atoms with Crippen molar-refractivity contribution in [3.63, 3.8) is 0 Å². The van der Waals surface area contributed by atoms with Gasteiger partial charge in [-0.05, 0) is 33.6 Å². The summed E-state index contributed by atoms with van der Waals surface area (Å²) in [7, 11) is 0. The zero-order valence-electron chi connectivity index (χ0n) is 17.8. The first-order valence-corrected chi connectivity index (χ1v) is 10.6. The van der Waals surface area contributed by atoms with Crippen LogP contribution >= 0.6 is 11.6 Å². The number of carbonyl (C=O) groups is 2. The van der Waals surface area contributed by atoms with E-state index in [2.05, 4.69) is 14.9 Å². The molecule has 0 spiro atoms. The van der Waals surface area contributed by atoms with Gasteiger partial charge in [0, 0.05) is 45.3 Å². The van der Waals surface area contributed by atoms with E-state index in [9.17, 15) is 14.7 Å². The van der Waals surface area contributed by atoms with Gasteiger partial charge in [0.05, 0.1) is 11.6 Å². The third kappa shape index (κ3) is 5.80. The van der Waals surface area contributed by atoms with Crippen molar-refractivity contribution in [1.29, 1.82) is 0 Å². The Bertz CT molecular complexity index is 764. The number of halogens is 1. The molecule has 3 heterocycles. The molecule has 0 saturated carbocycles. The first-order chi connectivity index (χ1) is 14.1. The SMILES string of the molecule is CC(C)(C)OC(=O)N1CCN(CC2(O)CCN(c3cc(Cl)ncn3)CC2)C(C=O)C1. The van der Waals surface area contributed by atoms with E-state index in [1.54, 1.807) is 11.0 Å². The number of carbonyl (C=O) groups excluding carboxylic acids is 2. The van der Waals surface area contributed by atoms with Crippen molar-refractivity contribution in [2.24, 2.45) is 0 Å². The number of aliphatic hydroxyl groups is 1. The van der Waals surface area contributed by atoms with Crippen molar-refractivity contribution in [2.75, 3.05) is 44.2 Å². The van der Waals surface area contributed by atoms with Crippen molar-refractivity contribution in [2.45, 2.75) is 50.9 Å². The minimum Gasteiger partial charge on any atom is -0.444 e. The summed E-state index contributed by atoms with van der Waals surface area (Å²) in [6.07, 6.45) is 2.96. The van der Waals surface area contributed by atoms with Gasteiger partial charge in [-0.25, -0.2) is 14.8 Å². The summed E-state index contributed by atoms with van der Waals surface area (Å²) in [5.41, 5.74) is -1.48. The standard InChI is InChI=1S/C20H30ClN5O4/c1-19(2,3)30-18(28)25-8-9-26(15(11-25)12-27)13-20(29)4-6-24(7-5-20)17-10-16(21)22-14-23-17/h10,12,14-15,29H,4-9,11,13H2,1-3H3. The molecule has 1 unspecified atom stereocenters. The predicted molar refractivity (Wildman–Crippen MR) is 113 cm³/mol. The van der Waals surface area contributed by atoms with E-state index in [1.165, 1.54) is 6.33 Å². The molecule has 1 N–H and O–H groups in total. The number of aromatic nitrogens is 2. The number of hydrogen-bond acceptors (Lipinski definition) is 8. The van der Waals surface area contributed by atoms with Crippen LogP contribution in [0.2, 0.25) is 5.15 Å². The Hall–Kier alpha value is -1.97. The van der Waals surface area contributed by atoms with E-state index in [1.807, 2.05) is 25.7 Å². The van der Waals surface area contributed by atoms with Crippen LogP contribution in [0.25, 0.3) is 0 Å². The van der Waals surface area contributed by atoms with Crippen LogP contribution < -0.4 is 4.90 Å². The first-order valence-electron chi connectivity index (χ1n) is 10.2. The van der Waals surface area contributed by atoms with Gasteiger partial charge in [0.15, 0.2) is 0 Å². The van der Waals surface area contributed by atoms with Gasteiger partial charge in [0.25, 0.3) is 0 Å². The molecule has 10 heteroatoms. The van der Waals surface area contributed by atoms with Crippen LogP contribution in [0.1, 0.15) is 33.6 Å². The van der Waals surface area contributed by atoms with E-state index >= 15 is 0 Å². The minimum absolute atomic E-state index is 0.264. The maximum Gasteiger partial charge on any atom is 0.410 e. The van der Waals surface area contributed by atoms with Crippen LogP contribution in [0.15, 0.2) is 12.4 Å². The summed E-state index contributed by atoms with van der Waals surface area (Å²) in [6, 6.07) is 1.25. The largest absolute Gasteiger partial charge is 0.444 e. The van der Waals surface area contributed by atoms with Gasteiger partial charge in [-0.1, -0.05) is 11.6 Å². The van der Waals surface area contributed by atoms with Crippen LogP contribution in [0.4, 0.5) is 10.6 Å². The van der Waals surface area contributed by atoms with E-state index in [4.69, 9.17) is 16.3 Å². The fourth-order valence-corrected chi connectivity index (χ4v) is 3.99. The lowest BCUT2D eigenvalue weighted by Crippen LogP contribution is -2.60. The molecule has 1 aromatic rings. The highest BCUT2D eigenvalue weighted by atomic mass is 35.5. The summed E-state index contributed by atoms with van der Waals surface area (Å²) < 4.78 is 5.42. The molecule has 166 valence electrons. The number of aldehydes is 1. The molecule has 3 rings (SSSR count). The quantitative estimate of drug-likeness (QED) is 0.557. The van der Waals surface area contributed by atoms with Crippen molar-refractivity contribution >= 4 is 29.8 Å². The number of piperazine rings is 1. The number of ether oxygens (including phenoxy) is 1.